The van der Waals surface area contributed by atoms with Gasteiger partial charge >= 0.3 is 0 Å². The molecule has 0 aliphatic carbocycles. The number of ether oxygens (including phenoxy) is 2. The Morgan fingerprint density at radius 3 is 2.70 bits per heavy atom. The van der Waals surface area contributed by atoms with Gasteiger partial charge in [0, 0.05) is 12.7 Å². The summed E-state index contributed by atoms with van der Waals surface area (Å²) in [6.07, 6.45) is 3.09. The maximum Gasteiger partial charge on any atom is 0.270 e. The summed E-state index contributed by atoms with van der Waals surface area (Å²) in [5, 5.41) is 5.85. The van der Waals surface area contributed by atoms with Crippen LogP contribution in [-0.4, -0.2) is 30.1 Å². The van der Waals surface area contributed by atoms with Crippen LogP contribution in [-0.2, 0) is 13.1 Å². The second-order valence-corrected chi connectivity index (χ2v) is 5.57. The van der Waals surface area contributed by atoms with Gasteiger partial charge in [0.25, 0.3) is 5.91 Å². The van der Waals surface area contributed by atoms with E-state index in [1.54, 1.807) is 38.7 Å². The molecule has 3 aromatic rings. The standard InChI is InChI=1S/C19H20N4O4/c1-25-16-6-5-13(10-17(16)26-2)11-22-19-20-8-7-15(23-19)18(24)21-12-14-4-3-9-27-14/h3-10H,11-12H2,1-2H3,(H,21,24)(H,20,22,23). The fraction of sp³-hybridized carbons (Fsp3) is 0.211. The van der Waals surface area contributed by atoms with Crippen LogP contribution in [0, 0.1) is 0 Å². The van der Waals surface area contributed by atoms with Gasteiger partial charge in [-0.1, -0.05) is 6.07 Å². The second-order valence-electron chi connectivity index (χ2n) is 5.57. The molecule has 8 heteroatoms. The van der Waals surface area contributed by atoms with Crippen LogP contribution < -0.4 is 20.1 Å². The van der Waals surface area contributed by atoms with Crippen LogP contribution in [0.2, 0.25) is 0 Å². The molecule has 1 aromatic carbocycles. The molecule has 8 nitrogen and oxygen atoms in total. The summed E-state index contributed by atoms with van der Waals surface area (Å²) in [6, 6.07) is 10.7. The van der Waals surface area contributed by atoms with Gasteiger partial charge in [-0.2, -0.15) is 0 Å². The number of methoxy groups -OCH3 is 2. The van der Waals surface area contributed by atoms with Gasteiger partial charge in [-0.3, -0.25) is 4.79 Å². The number of carbonyl (C=O) groups is 1. The number of benzene rings is 1. The fourth-order valence-corrected chi connectivity index (χ4v) is 2.41. The van der Waals surface area contributed by atoms with Crippen molar-refractivity contribution in [2.45, 2.75) is 13.1 Å². The second kappa shape index (κ2) is 8.70. The van der Waals surface area contributed by atoms with E-state index in [0.29, 0.717) is 36.3 Å². The van der Waals surface area contributed by atoms with Crippen molar-refractivity contribution in [3.8, 4) is 11.5 Å². The van der Waals surface area contributed by atoms with Gasteiger partial charge in [0.05, 0.1) is 27.0 Å². The minimum absolute atomic E-state index is 0.270. The van der Waals surface area contributed by atoms with E-state index in [0.717, 1.165) is 5.56 Å². The molecule has 3 rings (SSSR count). The topological polar surface area (TPSA) is 98.5 Å². The maximum absolute atomic E-state index is 12.2. The molecule has 0 spiro atoms. The number of hydrogen-bond acceptors (Lipinski definition) is 7. The third kappa shape index (κ3) is 4.75. The van der Waals surface area contributed by atoms with E-state index < -0.39 is 0 Å². The lowest BCUT2D eigenvalue weighted by Gasteiger charge is -2.10. The summed E-state index contributed by atoms with van der Waals surface area (Å²) in [5.41, 5.74) is 1.23. The monoisotopic (exact) mass is 368 g/mol. The van der Waals surface area contributed by atoms with Crippen LogP contribution in [0.25, 0.3) is 0 Å². The minimum atomic E-state index is -0.303. The molecule has 0 saturated carbocycles. The summed E-state index contributed by atoms with van der Waals surface area (Å²) < 4.78 is 15.7. The normalized spacial score (nSPS) is 10.3. The zero-order valence-corrected chi connectivity index (χ0v) is 15.1. The zero-order chi connectivity index (χ0) is 19.1. The Bertz CT molecular complexity index is 896. The lowest BCUT2D eigenvalue weighted by atomic mass is 10.2. The highest BCUT2D eigenvalue weighted by Gasteiger charge is 2.10. The number of aromatic nitrogens is 2. The van der Waals surface area contributed by atoms with E-state index in [1.165, 1.54) is 6.20 Å². The van der Waals surface area contributed by atoms with Crippen LogP contribution in [0.4, 0.5) is 5.95 Å². The van der Waals surface area contributed by atoms with Gasteiger partial charge in [0.15, 0.2) is 11.5 Å². The first kappa shape index (κ1) is 18.2. The van der Waals surface area contributed by atoms with Crippen LogP contribution in [0.3, 0.4) is 0 Å². The number of nitrogens with one attached hydrogen (secondary N) is 2. The van der Waals surface area contributed by atoms with E-state index in [2.05, 4.69) is 20.6 Å². The maximum atomic E-state index is 12.2. The number of rotatable bonds is 8. The first-order chi connectivity index (χ1) is 13.2. The van der Waals surface area contributed by atoms with Gasteiger partial charge in [0.1, 0.15) is 11.5 Å². The predicted octanol–water partition coefficient (Wildman–Crippen LogP) is 2.63. The van der Waals surface area contributed by atoms with Gasteiger partial charge < -0.3 is 24.5 Å². The Morgan fingerprint density at radius 2 is 1.96 bits per heavy atom. The molecule has 0 aliphatic rings. The van der Waals surface area contributed by atoms with E-state index in [1.807, 2.05) is 18.2 Å². The molecule has 2 N–H and O–H groups in total. The van der Waals surface area contributed by atoms with Crippen molar-refractivity contribution in [2.24, 2.45) is 0 Å². The Balaban J connectivity index is 1.61. The molecule has 0 radical (unpaired) electrons. The predicted molar refractivity (Wildman–Crippen MR) is 98.8 cm³/mol. The number of carbonyl (C=O) groups excluding carboxylic acids is 1. The van der Waals surface area contributed by atoms with Crippen molar-refractivity contribution in [3.63, 3.8) is 0 Å². The lowest BCUT2D eigenvalue weighted by molar-refractivity contribution is 0.0943. The first-order valence-electron chi connectivity index (χ1n) is 8.28. The van der Waals surface area contributed by atoms with Crippen molar-refractivity contribution in [1.29, 1.82) is 0 Å². The zero-order valence-electron chi connectivity index (χ0n) is 15.1. The summed E-state index contributed by atoms with van der Waals surface area (Å²) in [6.45, 7) is 0.766. The average molecular weight is 368 g/mol. The Labute approximate surface area is 156 Å². The van der Waals surface area contributed by atoms with E-state index in [9.17, 15) is 4.79 Å². The molecule has 2 heterocycles. The molecule has 2 aromatic heterocycles. The number of anilines is 1. The molecule has 27 heavy (non-hydrogen) atoms. The fourth-order valence-electron chi connectivity index (χ4n) is 2.41. The Morgan fingerprint density at radius 1 is 1.11 bits per heavy atom. The highest BCUT2D eigenvalue weighted by atomic mass is 16.5. The molecule has 140 valence electrons. The largest absolute Gasteiger partial charge is 0.493 e. The van der Waals surface area contributed by atoms with Crippen LogP contribution >= 0.6 is 0 Å². The van der Waals surface area contributed by atoms with Gasteiger partial charge in [0.2, 0.25) is 5.95 Å². The number of furan rings is 1. The summed E-state index contributed by atoms with van der Waals surface area (Å²) in [7, 11) is 3.18. The quantitative estimate of drug-likeness (QED) is 0.630. The SMILES string of the molecule is COc1ccc(CNc2nccc(C(=O)NCc3ccco3)n2)cc1OC. The average Bonchev–Trinajstić information content (AvgIpc) is 3.24. The van der Waals surface area contributed by atoms with E-state index in [4.69, 9.17) is 13.9 Å². The van der Waals surface area contributed by atoms with Crippen LogP contribution in [0.5, 0.6) is 11.5 Å². The third-order valence-corrected chi connectivity index (χ3v) is 3.79. The van der Waals surface area contributed by atoms with Crippen molar-refractivity contribution in [3.05, 3.63) is 65.9 Å². The van der Waals surface area contributed by atoms with E-state index >= 15 is 0 Å². The molecule has 0 fully saturated rings. The van der Waals surface area contributed by atoms with Gasteiger partial charge in [-0.25, -0.2) is 9.97 Å². The van der Waals surface area contributed by atoms with E-state index in [-0.39, 0.29) is 11.6 Å². The highest BCUT2D eigenvalue weighted by Crippen LogP contribution is 2.27. The smallest absolute Gasteiger partial charge is 0.270 e. The number of amides is 1. The first-order valence-corrected chi connectivity index (χ1v) is 8.28. The van der Waals surface area contributed by atoms with Crippen LogP contribution in [0.1, 0.15) is 21.8 Å². The summed E-state index contributed by atoms with van der Waals surface area (Å²) >= 11 is 0. The summed E-state index contributed by atoms with van der Waals surface area (Å²) in [4.78, 5) is 20.6. The molecule has 1 amide bonds. The molecule has 0 atom stereocenters. The number of hydrogen-bond donors (Lipinski definition) is 2. The van der Waals surface area contributed by atoms with Crippen molar-refractivity contribution >= 4 is 11.9 Å². The lowest BCUT2D eigenvalue weighted by Crippen LogP contribution is -2.24. The van der Waals surface area contributed by atoms with Crippen molar-refractivity contribution in [1.82, 2.24) is 15.3 Å². The Hall–Kier alpha value is -3.55. The molecule has 0 saturated heterocycles. The molecule has 0 unspecified atom stereocenters. The number of nitrogens with zero attached hydrogens (tertiary/aromatic N) is 2. The van der Waals surface area contributed by atoms with Crippen LogP contribution in [0.15, 0.2) is 53.3 Å². The summed E-state index contributed by atoms with van der Waals surface area (Å²) in [5.74, 6) is 2.03. The molecular formula is C19H20N4O4. The molecular weight excluding hydrogens is 348 g/mol. The minimum Gasteiger partial charge on any atom is -0.493 e. The van der Waals surface area contributed by atoms with Gasteiger partial charge in [-0.15, -0.1) is 0 Å². The van der Waals surface area contributed by atoms with Crippen molar-refractivity contribution < 1.29 is 18.7 Å². The molecule has 0 bridgehead atoms. The van der Waals surface area contributed by atoms with Gasteiger partial charge in [-0.05, 0) is 35.9 Å². The highest BCUT2D eigenvalue weighted by molar-refractivity contribution is 5.92. The molecule has 0 aliphatic heterocycles. The Kier molecular flexibility index (Phi) is 5.88. The third-order valence-electron chi connectivity index (χ3n) is 3.79. The van der Waals surface area contributed by atoms with Crippen molar-refractivity contribution in [2.75, 3.05) is 19.5 Å².